The van der Waals surface area contributed by atoms with E-state index >= 15 is 0 Å². The first-order valence-electron chi connectivity index (χ1n) is 8.02. The predicted octanol–water partition coefficient (Wildman–Crippen LogP) is 0.601. The highest BCUT2D eigenvalue weighted by atomic mass is 16.3. The molecule has 0 aliphatic carbocycles. The number of β-lactam (4-membered cyclic amide) rings is 1. The summed E-state index contributed by atoms with van der Waals surface area (Å²) < 4.78 is 0. The SMILES string of the molecule is CC(C(=O)N1CCN(C)c2ccccc21)[C@H]1NC(=O)[C@@H]1C(C)O. The fourth-order valence-electron chi connectivity index (χ4n) is 3.51. The highest BCUT2D eigenvalue weighted by Gasteiger charge is 2.48. The van der Waals surface area contributed by atoms with E-state index in [9.17, 15) is 14.7 Å². The number of hydrogen-bond donors (Lipinski definition) is 2. The number of nitrogens with one attached hydrogen (secondary N) is 1. The molecule has 0 saturated carbocycles. The van der Waals surface area contributed by atoms with Crippen molar-refractivity contribution < 1.29 is 14.7 Å². The van der Waals surface area contributed by atoms with E-state index in [1.54, 1.807) is 11.8 Å². The van der Waals surface area contributed by atoms with Crippen LogP contribution in [0.4, 0.5) is 11.4 Å². The molecule has 23 heavy (non-hydrogen) atoms. The third-order valence-corrected chi connectivity index (χ3v) is 4.96. The molecule has 6 nitrogen and oxygen atoms in total. The van der Waals surface area contributed by atoms with Crippen molar-refractivity contribution in [3.8, 4) is 0 Å². The number of carbonyl (C=O) groups excluding carboxylic acids is 2. The maximum absolute atomic E-state index is 13.0. The van der Waals surface area contributed by atoms with Crippen molar-refractivity contribution in [3.05, 3.63) is 24.3 Å². The van der Waals surface area contributed by atoms with Gasteiger partial charge in [0.1, 0.15) is 0 Å². The van der Waals surface area contributed by atoms with Crippen LogP contribution in [0.5, 0.6) is 0 Å². The van der Waals surface area contributed by atoms with Crippen molar-refractivity contribution in [2.45, 2.75) is 26.0 Å². The van der Waals surface area contributed by atoms with E-state index in [1.807, 2.05) is 38.2 Å². The largest absolute Gasteiger partial charge is 0.393 e. The fourth-order valence-corrected chi connectivity index (χ4v) is 3.51. The van der Waals surface area contributed by atoms with Gasteiger partial charge in [0.25, 0.3) is 0 Å². The summed E-state index contributed by atoms with van der Waals surface area (Å²) in [6.07, 6.45) is -0.747. The zero-order valence-corrected chi connectivity index (χ0v) is 13.7. The lowest BCUT2D eigenvalue weighted by molar-refractivity contribution is -0.144. The molecule has 2 heterocycles. The van der Waals surface area contributed by atoms with E-state index in [4.69, 9.17) is 0 Å². The molecule has 2 N–H and O–H groups in total. The normalized spacial score (nSPS) is 26.0. The van der Waals surface area contributed by atoms with Gasteiger partial charge in [0.15, 0.2) is 0 Å². The summed E-state index contributed by atoms with van der Waals surface area (Å²) in [5, 5.41) is 12.5. The summed E-state index contributed by atoms with van der Waals surface area (Å²) >= 11 is 0. The first-order chi connectivity index (χ1) is 10.9. The van der Waals surface area contributed by atoms with Gasteiger partial charge >= 0.3 is 0 Å². The second-order valence-electron chi connectivity index (χ2n) is 6.49. The number of likely N-dealkylation sites (N-methyl/N-ethyl adjacent to an activating group) is 1. The quantitative estimate of drug-likeness (QED) is 0.801. The monoisotopic (exact) mass is 317 g/mol. The van der Waals surface area contributed by atoms with Crippen LogP contribution in [0.1, 0.15) is 13.8 Å². The Morgan fingerprint density at radius 2 is 1.91 bits per heavy atom. The van der Waals surface area contributed by atoms with Crippen LogP contribution in [-0.2, 0) is 9.59 Å². The molecule has 1 saturated heterocycles. The molecule has 0 radical (unpaired) electrons. The number of anilines is 2. The zero-order chi connectivity index (χ0) is 16.7. The molecule has 1 fully saturated rings. The molecular weight excluding hydrogens is 294 g/mol. The number of benzene rings is 1. The number of aliphatic hydroxyl groups is 1. The minimum absolute atomic E-state index is 0.0128. The summed E-state index contributed by atoms with van der Waals surface area (Å²) in [5.74, 6) is -1.06. The van der Waals surface area contributed by atoms with Gasteiger partial charge < -0.3 is 20.2 Å². The molecule has 0 bridgehead atoms. The predicted molar refractivity (Wildman–Crippen MR) is 88.3 cm³/mol. The minimum Gasteiger partial charge on any atom is -0.393 e. The Morgan fingerprint density at radius 3 is 2.52 bits per heavy atom. The first kappa shape index (κ1) is 15.8. The van der Waals surface area contributed by atoms with Crippen LogP contribution >= 0.6 is 0 Å². The standard InChI is InChI=1S/C17H23N3O3/c1-10(15-14(11(2)21)16(22)18-15)17(23)20-9-8-19(3)12-6-4-5-7-13(12)20/h4-7,10-11,14-15,21H,8-9H2,1-3H3,(H,18,22)/t10?,11?,14-,15-/m1/s1. The lowest BCUT2D eigenvalue weighted by atomic mass is 9.78. The lowest BCUT2D eigenvalue weighted by Gasteiger charge is -2.44. The Hall–Kier alpha value is -2.08. The summed E-state index contributed by atoms with van der Waals surface area (Å²) in [6, 6.07) is 7.53. The van der Waals surface area contributed by atoms with E-state index in [0.717, 1.165) is 17.9 Å². The Bertz CT molecular complexity index is 631. The topological polar surface area (TPSA) is 72.9 Å². The van der Waals surface area contributed by atoms with Gasteiger partial charge in [-0.1, -0.05) is 19.1 Å². The number of amides is 2. The zero-order valence-electron chi connectivity index (χ0n) is 13.7. The van der Waals surface area contributed by atoms with Crippen molar-refractivity contribution >= 4 is 23.2 Å². The Kier molecular flexibility index (Phi) is 4.02. The highest BCUT2D eigenvalue weighted by molar-refractivity contribution is 6.00. The summed E-state index contributed by atoms with van der Waals surface area (Å²) in [6.45, 7) is 4.81. The average Bonchev–Trinajstić information content (AvgIpc) is 2.51. The van der Waals surface area contributed by atoms with Gasteiger partial charge in [-0.3, -0.25) is 9.59 Å². The van der Waals surface area contributed by atoms with Crippen molar-refractivity contribution in [2.75, 3.05) is 29.9 Å². The van der Waals surface area contributed by atoms with Gasteiger partial charge in [-0.15, -0.1) is 0 Å². The van der Waals surface area contributed by atoms with Crippen molar-refractivity contribution in [3.63, 3.8) is 0 Å². The molecule has 2 aliphatic rings. The molecule has 4 atom stereocenters. The fraction of sp³-hybridized carbons (Fsp3) is 0.529. The third-order valence-electron chi connectivity index (χ3n) is 4.96. The summed E-state index contributed by atoms with van der Waals surface area (Å²) in [4.78, 5) is 28.5. The van der Waals surface area contributed by atoms with Crippen molar-refractivity contribution in [2.24, 2.45) is 11.8 Å². The van der Waals surface area contributed by atoms with E-state index in [-0.39, 0.29) is 23.8 Å². The average molecular weight is 317 g/mol. The molecule has 1 aromatic carbocycles. The number of para-hydroxylation sites is 2. The molecule has 2 amide bonds. The van der Waals surface area contributed by atoms with E-state index in [1.165, 1.54) is 0 Å². The summed E-state index contributed by atoms with van der Waals surface area (Å²) in [5.41, 5.74) is 1.93. The Labute approximate surface area is 136 Å². The van der Waals surface area contributed by atoms with Gasteiger partial charge in [0, 0.05) is 20.1 Å². The van der Waals surface area contributed by atoms with Gasteiger partial charge in [0.2, 0.25) is 11.8 Å². The number of carbonyl (C=O) groups is 2. The van der Waals surface area contributed by atoms with Crippen molar-refractivity contribution in [1.29, 1.82) is 0 Å². The summed E-state index contributed by atoms with van der Waals surface area (Å²) in [7, 11) is 2.01. The smallest absolute Gasteiger partial charge is 0.232 e. The second kappa shape index (κ2) is 5.85. The molecule has 124 valence electrons. The van der Waals surface area contributed by atoms with Gasteiger partial charge in [-0.25, -0.2) is 0 Å². The molecule has 3 rings (SSSR count). The first-order valence-corrected chi connectivity index (χ1v) is 8.02. The molecule has 2 aliphatic heterocycles. The maximum Gasteiger partial charge on any atom is 0.232 e. The van der Waals surface area contributed by atoms with Gasteiger partial charge in [-0.2, -0.15) is 0 Å². The van der Waals surface area contributed by atoms with E-state index in [2.05, 4.69) is 10.2 Å². The number of aliphatic hydroxyl groups excluding tert-OH is 1. The second-order valence-corrected chi connectivity index (χ2v) is 6.49. The molecule has 2 unspecified atom stereocenters. The van der Waals surface area contributed by atoms with Crippen LogP contribution in [0.3, 0.4) is 0 Å². The Balaban J connectivity index is 1.81. The van der Waals surface area contributed by atoms with Crippen molar-refractivity contribution in [1.82, 2.24) is 5.32 Å². The molecule has 0 spiro atoms. The van der Waals surface area contributed by atoms with Crippen LogP contribution in [0.25, 0.3) is 0 Å². The van der Waals surface area contributed by atoms with Crippen LogP contribution in [0.2, 0.25) is 0 Å². The number of rotatable bonds is 3. The Morgan fingerprint density at radius 1 is 1.26 bits per heavy atom. The van der Waals surface area contributed by atoms with Crippen LogP contribution < -0.4 is 15.1 Å². The highest BCUT2D eigenvalue weighted by Crippen LogP contribution is 2.34. The van der Waals surface area contributed by atoms with E-state index in [0.29, 0.717) is 6.54 Å². The van der Waals surface area contributed by atoms with Crippen LogP contribution in [0, 0.1) is 11.8 Å². The maximum atomic E-state index is 13.0. The number of nitrogens with zero attached hydrogens (tertiary/aromatic N) is 2. The molecule has 6 heteroatoms. The number of fused-ring (bicyclic) bond motifs is 1. The minimum atomic E-state index is -0.747. The van der Waals surface area contributed by atoms with Crippen LogP contribution in [0.15, 0.2) is 24.3 Å². The molecule has 0 aromatic heterocycles. The van der Waals surface area contributed by atoms with Gasteiger partial charge in [-0.05, 0) is 19.1 Å². The van der Waals surface area contributed by atoms with E-state index < -0.39 is 12.0 Å². The lowest BCUT2D eigenvalue weighted by Crippen LogP contribution is -2.66. The van der Waals surface area contributed by atoms with Gasteiger partial charge in [0.05, 0.1) is 35.4 Å². The third kappa shape index (κ3) is 2.57. The molecule has 1 aromatic rings. The van der Waals surface area contributed by atoms with Crippen LogP contribution in [-0.4, -0.2) is 49.2 Å². The molecular formula is C17H23N3O3. The number of hydrogen-bond acceptors (Lipinski definition) is 4.